The van der Waals surface area contributed by atoms with Gasteiger partial charge >= 0.3 is 0 Å². The van der Waals surface area contributed by atoms with Crippen LogP contribution in [0.4, 0.5) is 22.3 Å². The van der Waals surface area contributed by atoms with Crippen molar-refractivity contribution in [1.29, 1.82) is 0 Å². The fourth-order valence-electron chi connectivity index (χ4n) is 8.63. The minimum absolute atomic E-state index is 0.0371. The van der Waals surface area contributed by atoms with E-state index >= 15 is 0 Å². The molecule has 8 rings (SSSR count). The first kappa shape index (κ1) is 37.4. The summed E-state index contributed by atoms with van der Waals surface area (Å²) in [6.45, 7) is 6.50. The van der Waals surface area contributed by atoms with Gasteiger partial charge in [-0.2, -0.15) is 4.37 Å². The number of amides is 6. The summed E-state index contributed by atoms with van der Waals surface area (Å²) >= 11 is 1.26. The third-order valence-electron chi connectivity index (χ3n) is 11.6. The molecular weight excluding hydrogens is 739 g/mol. The van der Waals surface area contributed by atoms with Gasteiger partial charge in [0.05, 0.1) is 23.0 Å². The number of rotatable bonds is 9. The van der Waals surface area contributed by atoms with Gasteiger partial charge in [-0.25, -0.2) is 9.97 Å². The first-order valence-corrected chi connectivity index (χ1v) is 20.1. The Balaban J connectivity index is 0.811. The van der Waals surface area contributed by atoms with Crippen molar-refractivity contribution in [2.24, 2.45) is 11.7 Å². The predicted molar refractivity (Wildman–Crippen MR) is 207 cm³/mol. The zero-order valence-electron chi connectivity index (χ0n) is 31.2. The Labute approximate surface area is 327 Å². The molecule has 5 aliphatic heterocycles. The van der Waals surface area contributed by atoms with Gasteiger partial charge in [0, 0.05) is 56.3 Å². The minimum Gasteiger partial charge on any atom is -0.371 e. The van der Waals surface area contributed by atoms with Gasteiger partial charge in [0.1, 0.15) is 16.9 Å². The van der Waals surface area contributed by atoms with Crippen molar-refractivity contribution in [3.05, 3.63) is 53.0 Å². The number of imide groups is 2. The van der Waals surface area contributed by atoms with Crippen LogP contribution in [0.2, 0.25) is 0 Å². The Hall–Kier alpha value is -5.49. The quantitative estimate of drug-likeness (QED) is 0.229. The van der Waals surface area contributed by atoms with Crippen LogP contribution in [0.3, 0.4) is 0 Å². The molecule has 1 unspecified atom stereocenters. The van der Waals surface area contributed by atoms with Crippen LogP contribution in [-0.4, -0.2) is 117 Å². The number of likely N-dealkylation sites (tertiary alicyclic amines) is 1. The predicted octanol–water partition coefficient (Wildman–Crippen LogP) is 1.95. The van der Waals surface area contributed by atoms with Crippen molar-refractivity contribution in [2.75, 3.05) is 54.4 Å². The van der Waals surface area contributed by atoms with E-state index in [-0.39, 0.29) is 53.3 Å². The summed E-state index contributed by atoms with van der Waals surface area (Å²) in [5.74, 6) is -1.78. The summed E-state index contributed by atoms with van der Waals surface area (Å²) in [5, 5.41) is 9.42. The number of fused-ring (bicyclic) bond motifs is 1. The summed E-state index contributed by atoms with van der Waals surface area (Å²) < 4.78 is 4.27. The lowest BCUT2D eigenvalue weighted by atomic mass is 9.92. The number of primary amides is 1. The van der Waals surface area contributed by atoms with Crippen LogP contribution in [0.15, 0.2) is 30.5 Å². The van der Waals surface area contributed by atoms with E-state index in [1.807, 2.05) is 19.1 Å². The first-order valence-electron chi connectivity index (χ1n) is 19.3. The molecule has 5 aliphatic rings. The van der Waals surface area contributed by atoms with Crippen molar-refractivity contribution in [3.8, 4) is 0 Å². The number of carbonyl (C=O) groups excluding carboxylic acids is 6. The number of nitrogens with two attached hydrogens (primary N) is 1. The third kappa shape index (κ3) is 7.54. The normalized spacial score (nSPS) is 22.6. The molecule has 5 N–H and O–H groups in total. The van der Waals surface area contributed by atoms with Crippen molar-refractivity contribution < 1.29 is 28.8 Å². The number of carbonyl (C=O) groups is 6. The van der Waals surface area contributed by atoms with E-state index in [1.165, 1.54) is 11.5 Å². The highest BCUT2D eigenvalue weighted by molar-refractivity contribution is 7.10. The lowest BCUT2D eigenvalue weighted by Crippen LogP contribution is -2.54. The molecule has 2 aromatic heterocycles. The molecule has 4 fully saturated rings. The molecule has 3 aromatic rings. The largest absolute Gasteiger partial charge is 0.371 e. The van der Waals surface area contributed by atoms with E-state index in [0.29, 0.717) is 18.4 Å². The fourth-order valence-corrected chi connectivity index (χ4v) is 9.29. The van der Waals surface area contributed by atoms with Crippen LogP contribution in [-0.2, 0) is 14.4 Å². The summed E-state index contributed by atoms with van der Waals surface area (Å²) in [6, 6.07) is 6.51. The van der Waals surface area contributed by atoms with Crippen LogP contribution in [0.5, 0.6) is 0 Å². The second kappa shape index (κ2) is 15.6. The lowest BCUT2D eigenvalue weighted by Gasteiger charge is -2.42. The molecule has 0 spiro atoms. The number of hydrogen-bond acceptors (Lipinski definition) is 14. The Morgan fingerprint density at radius 3 is 2.39 bits per heavy atom. The lowest BCUT2D eigenvalue weighted by molar-refractivity contribution is -0.136. The molecule has 294 valence electrons. The molecule has 1 aromatic carbocycles. The maximum Gasteiger partial charge on any atom is 0.271 e. The zero-order chi connectivity index (χ0) is 39.1. The molecule has 6 amide bonds. The van der Waals surface area contributed by atoms with Gasteiger partial charge in [0.2, 0.25) is 17.7 Å². The Kier molecular flexibility index (Phi) is 10.4. The highest BCUT2D eigenvalue weighted by Gasteiger charge is 2.45. The average molecular weight is 784 g/mol. The standard InChI is InChI=1S/C38H45N11O6S/c1-21-17-31(56-45-21)44-34-32(33(39)51)40-19-29(42-34)48-12-2-3-23(20-48)41-35(52)22-8-13-46(14-9-22)24-10-15-47(16-11-24)25-4-5-26-27(18-25)38(55)49(37(26)54)28-6-7-30(50)43-36(28)53/h4-5,17-19,22-24,28H,2-3,6-16,20H2,1H3,(H2,39,51)(H,41,52)(H,42,44)(H,43,50,53)/t23-,28?/m1/s1. The van der Waals surface area contributed by atoms with Gasteiger partial charge < -0.3 is 31.1 Å². The van der Waals surface area contributed by atoms with Crippen molar-refractivity contribution in [3.63, 3.8) is 0 Å². The van der Waals surface area contributed by atoms with Gasteiger partial charge in [-0.3, -0.25) is 39.0 Å². The van der Waals surface area contributed by atoms with E-state index in [9.17, 15) is 28.8 Å². The Bertz CT molecular complexity index is 2080. The molecule has 0 saturated carbocycles. The summed E-state index contributed by atoms with van der Waals surface area (Å²) in [7, 11) is 0. The van der Waals surface area contributed by atoms with E-state index in [0.717, 1.165) is 92.5 Å². The number of nitrogens with one attached hydrogen (secondary N) is 3. The molecular formula is C38H45N11O6S. The van der Waals surface area contributed by atoms with Gasteiger partial charge in [-0.15, -0.1) is 0 Å². The Morgan fingerprint density at radius 1 is 0.911 bits per heavy atom. The SMILES string of the molecule is Cc1cc(Nc2nc(N3CCC[C@@H](NC(=O)C4CCN(C5CCN(c6ccc7c(c6)C(=O)N(C6CCC(=O)NC6=O)C7=O)CC5)CC4)C3)cnc2C(N)=O)sn1. The second-order valence-electron chi connectivity index (χ2n) is 15.2. The number of aryl methyl sites for hydroxylation is 1. The highest BCUT2D eigenvalue weighted by atomic mass is 32.1. The third-order valence-corrected chi connectivity index (χ3v) is 12.4. The average Bonchev–Trinajstić information content (AvgIpc) is 3.72. The summed E-state index contributed by atoms with van der Waals surface area (Å²) in [5.41, 5.74) is 7.92. The van der Waals surface area contributed by atoms with Crippen LogP contribution in [0, 0.1) is 12.8 Å². The molecule has 0 radical (unpaired) electrons. The number of nitrogens with zero attached hydrogens (tertiary/aromatic N) is 7. The minimum atomic E-state index is -0.987. The molecule has 0 aliphatic carbocycles. The number of anilines is 4. The molecule has 2 atom stereocenters. The molecule has 7 heterocycles. The topological polar surface area (TPSA) is 216 Å². The van der Waals surface area contributed by atoms with Crippen molar-refractivity contribution in [2.45, 2.75) is 76.4 Å². The summed E-state index contributed by atoms with van der Waals surface area (Å²) in [4.78, 5) is 93.0. The maximum absolute atomic E-state index is 13.5. The zero-order valence-corrected chi connectivity index (χ0v) is 32.0. The van der Waals surface area contributed by atoms with Gasteiger partial charge in [0.15, 0.2) is 11.5 Å². The number of piperidine rings is 4. The smallest absolute Gasteiger partial charge is 0.271 e. The van der Waals surface area contributed by atoms with Gasteiger partial charge in [-0.1, -0.05) is 0 Å². The second-order valence-corrected chi connectivity index (χ2v) is 16.1. The van der Waals surface area contributed by atoms with E-state index < -0.39 is 35.6 Å². The molecule has 18 heteroatoms. The van der Waals surface area contributed by atoms with E-state index in [1.54, 1.807) is 18.3 Å². The van der Waals surface area contributed by atoms with Crippen LogP contribution in [0.25, 0.3) is 0 Å². The Morgan fingerprint density at radius 2 is 1.68 bits per heavy atom. The van der Waals surface area contributed by atoms with Crippen molar-refractivity contribution in [1.82, 2.24) is 34.8 Å². The molecule has 17 nitrogen and oxygen atoms in total. The van der Waals surface area contributed by atoms with E-state index in [4.69, 9.17) is 10.7 Å². The molecule has 56 heavy (non-hydrogen) atoms. The fraction of sp³-hybridized carbons (Fsp3) is 0.500. The van der Waals surface area contributed by atoms with Gasteiger partial charge in [-0.05, 0) is 101 Å². The van der Waals surface area contributed by atoms with Crippen LogP contribution >= 0.6 is 11.5 Å². The molecule has 4 saturated heterocycles. The maximum atomic E-state index is 13.5. The molecule has 0 bridgehead atoms. The highest BCUT2D eigenvalue weighted by Crippen LogP contribution is 2.33. The van der Waals surface area contributed by atoms with E-state index in [2.05, 4.69) is 40.0 Å². The van der Waals surface area contributed by atoms with Crippen LogP contribution in [0.1, 0.15) is 88.3 Å². The monoisotopic (exact) mass is 783 g/mol. The van der Waals surface area contributed by atoms with Crippen LogP contribution < -0.4 is 31.5 Å². The van der Waals surface area contributed by atoms with Gasteiger partial charge in [0.25, 0.3) is 17.7 Å². The number of benzene rings is 1. The number of hydrogen-bond donors (Lipinski definition) is 4. The number of aromatic nitrogens is 3. The first-order chi connectivity index (χ1) is 27.0. The van der Waals surface area contributed by atoms with Crippen molar-refractivity contribution >= 4 is 69.3 Å². The summed E-state index contributed by atoms with van der Waals surface area (Å²) in [6.07, 6.45) is 6.96.